The predicted octanol–water partition coefficient (Wildman–Crippen LogP) is 4.05. The molecule has 0 aliphatic rings. The number of nitrogens with one attached hydrogen (secondary N) is 1. The van der Waals surface area contributed by atoms with E-state index in [0.29, 0.717) is 11.4 Å². The van der Waals surface area contributed by atoms with Crippen LogP contribution in [0.25, 0.3) is 10.2 Å². The van der Waals surface area contributed by atoms with Gasteiger partial charge in [0.25, 0.3) is 0 Å². The van der Waals surface area contributed by atoms with Gasteiger partial charge in [0.05, 0.1) is 22.2 Å². The van der Waals surface area contributed by atoms with Crippen molar-refractivity contribution in [2.24, 2.45) is 0 Å². The molecule has 1 atom stereocenters. The lowest BCUT2D eigenvalue weighted by molar-refractivity contribution is -0.116. The maximum absolute atomic E-state index is 13.0. The van der Waals surface area contributed by atoms with Crippen LogP contribution in [0.2, 0.25) is 0 Å². The summed E-state index contributed by atoms with van der Waals surface area (Å²) >= 11 is 1.12. The van der Waals surface area contributed by atoms with Crippen molar-refractivity contribution in [2.75, 3.05) is 15.9 Å². The zero-order chi connectivity index (χ0) is 23.1. The van der Waals surface area contributed by atoms with Gasteiger partial charge in [0.2, 0.25) is 15.9 Å². The lowest BCUT2D eigenvalue weighted by Gasteiger charge is -2.29. The Hall–Kier alpha value is -2.65. The number of benzene rings is 2. The number of aryl methyl sites for hydroxylation is 2. The van der Waals surface area contributed by atoms with E-state index in [2.05, 4.69) is 5.32 Å². The number of anilines is 2. The summed E-state index contributed by atoms with van der Waals surface area (Å²) in [6.45, 7) is 9.13. The molecule has 3 aromatic rings. The zero-order valence-electron chi connectivity index (χ0n) is 18.5. The van der Waals surface area contributed by atoms with Crippen LogP contribution >= 0.6 is 11.3 Å². The van der Waals surface area contributed by atoms with Gasteiger partial charge in [0.1, 0.15) is 6.04 Å². The van der Waals surface area contributed by atoms with Crippen LogP contribution in [0.3, 0.4) is 0 Å². The highest BCUT2D eigenvalue weighted by atomic mass is 32.2. The average Bonchev–Trinajstić information content (AvgIpc) is 2.98. The van der Waals surface area contributed by atoms with Crippen LogP contribution in [0.15, 0.2) is 41.2 Å². The van der Waals surface area contributed by atoms with Gasteiger partial charge in [-0.25, -0.2) is 8.42 Å². The topological polar surface area (TPSA) is 88.5 Å². The number of rotatable bonds is 6. The molecule has 0 saturated heterocycles. The number of aromatic nitrogens is 1. The number of carbonyl (C=O) groups excluding carboxylic acids is 1. The summed E-state index contributed by atoms with van der Waals surface area (Å²) in [5.74, 6) is -0.457. The van der Waals surface area contributed by atoms with Crippen LogP contribution < -0.4 is 14.5 Å². The Morgan fingerprint density at radius 2 is 1.77 bits per heavy atom. The average molecular weight is 462 g/mol. The van der Waals surface area contributed by atoms with E-state index in [0.717, 1.165) is 43.2 Å². The van der Waals surface area contributed by atoms with Gasteiger partial charge in [-0.1, -0.05) is 23.5 Å². The first-order chi connectivity index (χ1) is 14.4. The first-order valence-electron chi connectivity index (χ1n) is 9.92. The summed E-state index contributed by atoms with van der Waals surface area (Å²) in [5.41, 5.74) is 3.46. The summed E-state index contributed by atoms with van der Waals surface area (Å²) < 4.78 is 28.8. The molecule has 1 N–H and O–H groups in total. The number of fused-ring (bicyclic) bond motifs is 1. The van der Waals surface area contributed by atoms with E-state index in [4.69, 9.17) is 0 Å². The lowest BCUT2D eigenvalue weighted by Crippen LogP contribution is -2.45. The highest BCUT2D eigenvalue weighted by molar-refractivity contribution is 7.92. The molecular formula is C22H27N3O4S2. The standard InChI is InChI=1S/C22H27N3O4S2/c1-13(2)24-18-10-9-17(12-20(18)30-22(24)27)23-21(26)16(5)25(31(6,28)29)19-11-14(3)7-8-15(19)4/h7-13,16H,1-6H3,(H,23,26). The van der Waals surface area contributed by atoms with Crippen molar-refractivity contribution in [3.8, 4) is 0 Å². The summed E-state index contributed by atoms with van der Waals surface area (Å²) in [5, 5.41) is 2.80. The number of carbonyl (C=O) groups is 1. The second kappa shape index (κ2) is 8.47. The molecule has 2 aromatic carbocycles. The minimum absolute atomic E-state index is 0.0302. The van der Waals surface area contributed by atoms with E-state index < -0.39 is 22.0 Å². The smallest absolute Gasteiger partial charge is 0.308 e. The van der Waals surface area contributed by atoms with Crippen LogP contribution in [0.5, 0.6) is 0 Å². The van der Waals surface area contributed by atoms with E-state index in [9.17, 15) is 18.0 Å². The zero-order valence-corrected chi connectivity index (χ0v) is 20.1. The number of nitrogens with zero attached hydrogens (tertiary/aromatic N) is 2. The number of thiazole rings is 1. The summed E-state index contributed by atoms with van der Waals surface area (Å²) in [4.78, 5) is 25.2. The maximum atomic E-state index is 13.0. The number of sulfonamides is 1. The molecule has 0 radical (unpaired) electrons. The Balaban J connectivity index is 1.94. The molecule has 31 heavy (non-hydrogen) atoms. The van der Waals surface area contributed by atoms with Gasteiger partial charge < -0.3 is 5.32 Å². The minimum atomic E-state index is -3.71. The fourth-order valence-corrected chi connectivity index (χ4v) is 5.86. The molecule has 0 aliphatic heterocycles. The SMILES string of the molecule is Cc1ccc(C)c(N(C(C)C(=O)Nc2ccc3c(c2)sc(=O)n3C(C)C)S(C)(=O)=O)c1. The van der Waals surface area contributed by atoms with E-state index in [1.54, 1.807) is 35.8 Å². The van der Waals surface area contributed by atoms with Crippen molar-refractivity contribution in [3.63, 3.8) is 0 Å². The number of hydrogen-bond acceptors (Lipinski definition) is 5. The van der Waals surface area contributed by atoms with Crippen molar-refractivity contribution >= 4 is 48.9 Å². The molecule has 1 unspecified atom stereocenters. The largest absolute Gasteiger partial charge is 0.324 e. The predicted molar refractivity (Wildman–Crippen MR) is 128 cm³/mol. The third kappa shape index (κ3) is 4.67. The maximum Gasteiger partial charge on any atom is 0.308 e. The molecular weight excluding hydrogens is 434 g/mol. The second-order valence-corrected chi connectivity index (χ2v) is 10.9. The van der Waals surface area contributed by atoms with Gasteiger partial charge in [-0.3, -0.25) is 18.5 Å². The van der Waals surface area contributed by atoms with Crippen molar-refractivity contribution < 1.29 is 13.2 Å². The monoisotopic (exact) mass is 461 g/mol. The van der Waals surface area contributed by atoms with Gasteiger partial charge in [-0.2, -0.15) is 0 Å². The van der Waals surface area contributed by atoms with Gasteiger partial charge in [-0.05, 0) is 70.0 Å². The molecule has 1 heterocycles. The Bertz CT molecular complexity index is 1310. The second-order valence-electron chi connectivity index (χ2n) is 8.03. The van der Waals surface area contributed by atoms with Crippen LogP contribution in [-0.2, 0) is 14.8 Å². The highest BCUT2D eigenvalue weighted by Crippen LogP contribution is 2.28. The summed E-state index contributed by atoms with van der Waals surface area (Å²) in [6.07, 6.45) is 1.09. The quantitative estimate of drug-likeness (QED) is 0.600. The Morgan fingerprint density at radius 1 is 1.10 bits per heavy atom. The number of hydrogen-bond donors (Lipinski definition) is 1. The fraction of sp³-hybridized carbons (Fsp3) is 0.364. The Labute approximate surface area is 186 Å². The van der Waals surface area contributed by atoms with E-state index >= 15 is 0 Å². The molecule has 166 valence electrons. The van der Waals surface area contributed by atoms with Crippen molar-refractivity contribution in [3.05, 3.63) is 57.2 Å². The molecule has 9 heteroatoms. The molecule has 0 saturated carbocycles. The first-order valence-corrected chi connectivity index (χ1v) is 12.6. The fourth-order valence-electron chi connectivity index (χ4n) is 3.59. The van der Waals surface area contributed by atoms with Gasteiger partial charge in [0.15, 0.2) is 0 Å². The molecule has 0 aliphatic carbocycles. The van der Waals surface area contributed by atoms with E-state index in [1.165, 1.54) is 0 Å². The molecule has 1 amide bonds. The third-order valence-corrected chi connectivity index (χ3v) is 7.23. The molecule has 3 rings (SSSR count). The molecule has 7 nitrogen and oxygen atoms in total. The van der Waals surface area contributed by atoms with Crippen LogP contribution in [0.1, 0.15) is 37.9 Å². The molecule has 0 bridgehead atoms. The van der Waals surface area contributed by atoms with Crippen LogP contribution in [-0.4, -0.2) is 31.2 Å². The summed E-state index contributed by atoms with van der Waals surface area (Å²) in [7, 11) is -3.71. The van der Waals surface area contributed by atoms with Crippen molar-refractivity contribution in [2.45, 2.75) is 46.7 Å². The number of amides is 1. The van der Waals surface area contributed by atoms with Crippen LogP contribution in [0.4, 0.5) is 11.4 Å². The Morgan fingerprint density at radius 3 is 2.39 bits per heavy atom. The van der Waals surface area contributed by atoms with Crippen molar-refractivity contribution in [1.82, 2.24) is 4.57 Å². The normalized spacial score (nSPS) is 12.9. The van der Waals surface area contributed by atoms with Gasteiger partial charge in [-0.15, -0.1) is 0 Å². The Kier molecular flexibility index (Phi) is 6.29. The first kappa shape index (κ1) is 23.0. The molecule has 0 fully saturated rings. The lowest BCUT2D eigenvalue weighted by atomic mass is 10.1. The third-order valence-electron chi connectivity index (χ3n) is 5.09. The van der Waals surface area contributed by atoms with Gasteiger partial charge >= 0.3 is 4.87 Å². The van der Waals surface area contributed by atoms with Gasteiger partial charge in [0, 0.05) is 11.7 Å². The van der Waals surface area contributed by atoms with Crippen LogP contribution in [0, 0.1) is 13.8 Å². The minimum Gasteiger partial charge on any atom is -0.324 e. The molecule has 0 spiro atoms. The highest BCUT2D eigenvalue weighted by Gasteiger charge is 2.30. The van der Waals surface area contributed by atoms with E-state index in [-0.39, 0.29) is 10.9 Å². The van der Waals surface area contributed by atoms with Crippen molar-refractivity contribution in [1.29, 1.82) is 0 Å². The summed E-state index contributed by atoms with van der Waals surface area (Å²) in [6, 6.07) is 9.82. The molecule has 1 aromatic heterocycles. The van der Waals surface area contributed by atoms with E-state index in [1.807, 2.05) is 39.8 Å².